The summed E-state index contributed by atoms with van der Waals surface area (Å²) >= 11 is 0. The Kier molecular flexibility index (Phi) is 4.25. The number of hydrogen-bond acceptors (Lipinski definition) is 5. The van der Waals surface area contributed by atoms with E-state index in [2.05, 4.69) is 20.3 Å². The molecule has 22 heavy (non-hydrogen) atoms. The molecule has 0 radical (unpaired) electrons. The second kappa shape index (κ2) is 6.67. The molecule has 110 valence electrons. The lowest BCUT2D eigenvalue weighted by atomic mass is 10.3. The van der Waals surface area contributed by atoms with Crippen LogP contribution in [0.1, 0.15) is 5.69 Å². The molecule has 0 saturated carbocycles. The Morgan fingerprint density at radius 3 is 2.50 bits per heavy atom. The number of hydrogen-bond donors (Lipinski definition) is 1. The van der Waals surface area contributed by atoms with Gasteiger partial charge in [-0.2, -0.15) is 4.98 Å². The van der Waals surface area contributed by atoms with Gasteiger partial charge in [0.25, 0.3) is 0 Å². The summed E-state index contributed by atoms with van der Waals surface area (Å²) in [6.45, 7) is 0.597. The maximum absolute atomic E-state index is 4.54. The van der Waals surface area contributed by atoms with E-state index in [9.17, 15) is 0 Å². The van der Waals surface area contributed by atoms with Gasteiger partial charge in [-0.3, -0.25) is 4.98 Å². The summed E-state index contributed by atoms with van der Waals surface area (Å²) in [5, 5.41) is 3.20. The number of anilines is 3. The van der Waals surface area contributed by atoms with Crippen LogP contribution < -0.4 is 10.2 Å². The maximum atomic E-state index is 4.54. The molecule has 2 aromatic heterocycles. The van der Waals surface area contributed by atoms with Crippen molar-refractivity contribution < 1.29 is 0 Å². The number of nitrogens with zero attached hydrogens (tertiary/aromatic N) is 4. The third-order valence-electron chi connectivity index (χ3n) is 3.28. The SMILES string of the molecule is CN(c1ccccc1)c1ccnc(NCc2ccccn2)n1. The maximum Gasteiger partial charge on any atom is 0.224 e. The molecule has 0 aliphatic heterocycles. The number of nitrogens with one attached hydrogen (secondary N) is 1. The van der Waals surface area contributed by atoms with Gasteiger partial charge in [0.15, 0.2) is 0 Å². The third-order valence-corrected chi connectivity index (χ3v) is 3.28. The van der Waals surface area contributed by atoms with Crippen molar-refractivity contribution in [2.45, 2.75) is 6.54 Å². The van der Waals surface area contributed by atoms with Crippen LogP contribution in [0.2, 0.25) is 0 Å². The quantitative estimate of drug-likeness (QED) is 0.782. The molecule has 3 aromatic rings. The third kappa shape index (κ3) is 3.38. The van der Waals surface area contributed by atoms with Crippen LogP contribution >= 0.6 is 0 Å². The average Bonchev–Trinajstić information content (AvgIpc) is 2.61. The molecule has 0 amide bonds. The van der Waals surface area contributed by atoms with E-state index in [4.69, 9.17) is 0 Å². The molecule has 0 spiro atoms. The average molecular weight is 291 g/mol. The number of pyridine rings is 1. The first-order valence-electron chi connectivity index (χ1n) is 7.08. The topological polar surface area (TPSA) is 53.9 Å². The van der Waals surface area contributed by atoms with Gasteiger partial charge in [0, 0.05) is 25.1 Å². The van der Waals surface area contributed by atoms with Gasteiger partial charge in [-0.1, -0.05) is 24.3 Å². The highest BCUT2D eigenvalue weighted by Gasteiger charge is 2.06. The molecule has 0 saturated heterocycles. The fourth-order valence-corrected chi connectivity index (χ4v) is 2.08. The second-order valence-electron chi connectivity index (χ2n) is 4.81. The zero-order chi connectivity index (χ0) is 15.2. The molecular weight excluding hydrogens is 274 g/mol. The molecule has 0 aliphatic carbocycles. The van der Waals surface area contributed by atoms with Gasteiger partial charge in [-0.05, 0) is 30.3 Å². The van der Waals surface area contributed by atoms with E-state index in [0.29, 0.717) is 12.5 Å². The minimum absolute atomic E-state index is 0.589. The Hall–Kier alpha value is -2.95. The minimum Gasteiger partial charge on any atom is -0.349 e. The molecule has 5 heteroatoms. The first-order valence-corrected chi connectivity index (χ1v) is 7.08. The van der Waals surface area contributed by atoms with Crippen molar-refractivity contribution in [2.75, 3.05) is 17.3 Å². The summed E-state index contributed by atoms with van der Waals surface area (Å²) < 4.78 is 0. The largest absolute Gasteiger partial charge is 0.349 e. The van der Waals surface area contributed by atoms with E-state index in [1.54, 1.807) is 12.4 Å². The first kappa shape index (κ1) is 14.0. The summed E-state index contributed by atoms with van der Waals surface area (Å²) in [5.74, 6) is 1.43. The van der Waals surface area contributed by atoms with Crippen LogP contribution in [-0.2, 0) is 6.54 Å². The predicted octanol–water partition coefficient (Wildman–Crippen LogP) is 3.25. The molecule has 0 unspecified atom stereocenters. The van der Waals surface area contributed by atoms with Crippen molar-refractivity contribution >= 4 is 17.5 Å². The molecule has 5 nitrogen and oxygen atoms in total. The Morgan fingerprint density at radius 1 is 0.909 bits per heavy atom. The molecule has 0 fully saturated rings. The molecule has 0 atom stereocenters. The highest BCUT2D eigenvalue weighted by atomic mass is 15.2. The van der Waals surface area contributed by atoms with E-state index in [1.165, 1.54) is 0 Å². The molecule has 1 N–H and O–H groups in total. The predicted molar refractivity (Wildman–Crippen MR) is 88.1 cm³/mol. The van der Waals surface area contributed by atoms with E-state index in [-0.39, 0.29) is 0 Å². The Bertz CT molecular complexity index is 715. The smallest absolute Gasteiger partial charge is 0.224 e. The van der Waals surface area contributed by atoms with E-state index >= 15 is 0 Å². The number of para-hydroxylation sites is 1. The monoisotopic (exact) mass is 291 g/mol. The Labute approximate surface area is 129 Å². The van der Waals surface area contributed by atoms with Crippen LogP contribution in [0, 0.1) is 0 Å². The van der Waals surface area contributed by atoms with Gasteiger partial charge in [-0.15, -0.1) is 0 Å². The van der Waals surface area contributed by atoms with Crippen LogP contribution in [0.3, 0.4) is 0 Å². The van der Waals surface area contributed by atoms with Gasteiger partial charge < -0.3 is 10.2 Å². The Morgan fingerprint density at radius 2 is 1.73 bits per heavy atom. The van der Waals surface area contributed by atoms with Crippen molar-refractivity contribution in [3.8, 4) is 0 Å². The van der Waals surface area contributed by atoms with Gasteiger partial charge >= 0.3 is 0 Å². The van der Waals surface area contributed by atoms with Crippen molar-refractivity contribution in [1.82, 2.24) is 15.0 Å². The van der Waals surface area contributed by atoms with Crippen LogP contribution in [0.15, 0.2) is 67.0 Å². The van der Waals surface area contributed by atoms with Crippen molar-refractivity contribution in [3.05, 3.63) is 72.7 Å². The highest BCUT2D eigenvalue weighted by molar-refractivity contribution is 5.59. The zero-order valence-corrected chi connectivity index (χ0v) is 12.3. The fraction of sp³-hybridized carbons (Fsp3) is 0.118. The van der Waals surface area contributed by atoms with Crippen molar-refractivity contribution in [2.24, 2.45) is 0 Å². The van der Waals surface area contributed by atoms with E-state index in [1.807, 2.05) is 66.5 Å². The zero-order valence-electron chi connectivity index (χ0n) is 12.3. The first-order chi connectivity index (χ1) is 10.8. The number of aromatic nitrogens is 3. The molecular formula is C17H17N5. The molecule has 1 aromatic carbocycles. The summed E-state index contributed by atoms with van der Waals surface area (Å²) in [7, 11) is 1.99. The van der Waals surface area contributed by atoms with E-state index < -0.39 is 0 Å². The molecule has 3 rings (SSSR count). The lowest BCUT2D eigenvalue weighted by Crippen LogP contribution is -2.13. The van der Waals surface area contributed by atoms with Gasteiger partial charge in [0.1, 0.15) is 5.82 Å². The van der Waals surface area contributed by atoms with Crippen molar-refractivity contribution in [3.63, 3.8) is 0 Å². The van der Waals surface area contributed by atoms with Crippen LogP contribution in [0.4, 0.5) is 17.5 Å². The summed E-state index contributed by atoms with van der Waals surface area (Å²) in [4.78, 5) is 15.1. The van der Waals surface area contributed by atoms with Gasteiger partial charge in [0.05, 0.1) is 12.2 Å². The standard InChI is InChI=1S/C17H17N5/c1-22(15-8-3-2-4-9-15)16-10-12-19-17(21-16)20-13-14-7-5-6-11-18-14/h2-12H,13H2,1H3,(H,19,20,21). The minimum atomic E-state index is 0.589. The van der Waals surface area contributed by atoms with Crippen molar-refractivity contribution in [1.29, 1.82) is 0 Å². The normalized spacial score (nSPS) is 10.2. The fourth-order valence-electron chi connectivity index (χ4n) is 2.08. The number of rotatable bonds is 5. The van der Waals surface area contributed by atoms with E-state index in [0.717, 1.165) is 17.2 Å². The lowest BCUT2D eigenvalue weighted by molar-refractivity contribution is 0.991. The van der Waals surface area contributed by atoms with Crippen LogP contribution in [0.25, 0.3) is 0 Å². The lowest BCUT2D eigenvalue weighted by Gasteiger charge is -2.18. The van der Waals surface area contributed by atoms with Gasteiger partial charge in [0.2, 0.25) is 5.95 Å². The highest BCUT2D eigenvalue weighted by Crippen LogP contribution is 2.21. The summed E-state index contributed by atoms with van der Waals surface area (Å²) in [5.41, 5.74) is 2.03. The second-order valence-corrected chi connectivity index (χ2v) is 4.81. The molecule has 0 aliphatic rings. The summed E-state index contributed by atoms with van der Waals surface area (Å²) in [6, 6.07) is 17.8. The van der Waals surface area contributed by atoms with Gasteiger partial charge in [-0.25, -0.2) is 4.98 Å². The van der Waals surface area contributed by atoms with Crippen LogP contribution in [0.5, 0.6) is 0 Å². The number of benzene rings is 1. The van der Waals surface area contributed by atoms with Crippen LogP contribution in [-0.4, -0.2) is 22.0 Å². The molecule has 0 bridgehead atoms. The summed E-state index contributed by atoms with van der Waals surface area (Å²) in [6.07, 6.45) is 3.53. The Balaban J connectivity index is 1.72. The molecule has 2 heterocycles.